The van der Waals surface area contributed by atoms with Gasteiger partial charge < -0.3 is 29.9 Å². The van der Waals surface area contributed by atoms with Crippen LogP contribution in [0.25, 0.3) is 0 Å². The van der Waals surface area contributed by atoms with Crippen molar-refractivity contribution in [3.63, 3.8) is 0 Å². The Kier molecular flexibility index (Phi) is 6.32. The minimum Gasteiger partial charge on any atom is -0.388 e. The van der Waals surface area contributed by atoms with Crippen LogP contribution >= 0.6 is 0 Å². The van der Waals surface area contributed by atoms with Gasteiger partial charge in [-0.25, -0.2) is 0 Å². The summed E-state index contributed by atoms with van der Waals surface area (Å²) in [5.74, 6) is 0. The van der Waals surface area contributed by atoms with E-state index >= 15 is 0 Å². The zero-order valence-electron chi connectivity index (χ0n) is 10.0. The second-order valence-electron chi connectivity index (χ2n) is 4.31. The molecule has 6 heteroatoms. The molecule has 1 aliphatic rings. The topological polar surface area (TPSA) is 99.4 Å². The molecule has 1 fully saturated rings. The highest BCUT2D eigenvalue weighted by molar-refractivity contribution is 4.90. The third-order valence-electron chi connectivity index (χ3n) is 2.86. The van der Waals surface area contributed by atoms with Crippen molar-refractivity contribution in [1.82, 2.24) is 0 Å². The molecule has 1 saturated heterocycles. The van der Waals surface area contributed by atoms with Gasteiger partial charge >= 0.3 is 0 Å². The molecule has 102 valence electrons. The third kappa shape index (κ3) is 4.17. The highest BCUT2D eigenvalue weighted by Gasteiger charge is 2.43. The largest absolute Gasteiger partial charge is 0.388 e. The van der Waals surface area contributed by atoms with Crippen LogP contribution in [0.2, 0.25) is 0 Å². The van der Waals surface area contributed by atoms with E-state index < -0.39 is 30.7 Å². The van der Waals surface area contributed by atoms with Crippen LogP contribution in [-0.2, 0) is 9.47 Å². The summed E-state index contributed by atoms with van der Waals surface area (Å²) in [5, 5.41) is 36.9. The molecule has 2 unspecified atom stereocenters. The van der Waals surface area contributed by atoms with Crippen LogP contribution in [0.5, 0.6) is 0 Å². The first-order valence-corrected chi connectivity index (χ1v) is 6.03. The van der Waals surface area contributed by atoms with E-state index in [0.717, 1.165) is 19.3 Å². The molecule has 0 aromatic carbocycles. The fourth-order valence-electron chi connectivity index (χ4n) is 1.86. The first-order chi connectivity index (χ1) is 8.07. The zero-order chi connectivity index (χ0) is 12.8. The molecule has 0 bridgehead atoms. The number of hydrogen-bond donors (Lipinski definition) is 4. The predicted octanol–water partition coefficient (Wildman–Crippen LogP) is -1.01. The Bertz CT molecular complexity index is 210. The lowest BCUT2D eigenvalue weighted by Gasteiger charge is -2.25. The highest BCUT2D eigenvalue weighted by Crippen LogP contribution is 2.22. The SMILES string of the molecule is CCCCCOC1[C@@H](C(O)C(O)O)OC[C@H]1O. The molecule has 0 saturated carbocycles. The highest BCUT2D eigenvalue weighted by atomic mass is 16.6. The van der Waals surface area contributed by atoms with Crippen LogP contribution in [0.4, 0.5) is 0 Å². The van der Waals surface area contributed by atoms with Gasteiger partial charge in [0.15, 0.2) is 6.29 Å². The molecule has 1 aliphatic heterocycles. The third-order valence-corrected chi connectivity index (χ3v) is 2.86. The first kappa shape index (κ1) is 14.8. The van der Waals surface area contributed by atoms with Crippen molar-refractivity contribution in [3.05, 3.63) is 0 Å². The minimum absolute atomic E-state index is 0.0346. The van der Waals surface area contributed by atoms with Crippen molar-refractivity contribution in [2.75, 3.05) is 13.2 Å². The van der Waals surface area contributed by atoms with Gasteiger partial charge in [0.25, 0.3) is 0 Å². The molecule has 4 N–H and O–H groups in total. The van der Waals surface area contributed by atoms with E-state index in [0.29, 0.717) is 6.61 Å². The van der Waals surface area contributed by atoms with Crippen molar-refractivity contribution in [1.29, 1.82) is 0 Å². The predicted molar refractivity (Wildman–Crippen MR) is 59.2 cm³/mol. The number of hydrogen-bond acceptors (Lipinski definition) is 6. The fourth-order valence-corrected chi connectivity index (χ4v) is 1.86. The van der Waals surface area contributed by atoms with Crippen molar-refractivity contribution >= 4 is 0 Å². The van der Waals surface area contributed by atoms with Crippen LogP contribution in [0, 0.1) is 0 Å². The number of ether oxygens (including phenoxy) is 2. The molecule has 0 spiro atoms. The lowest BCUT2D eigenvalue weighted by Crippen LogP contribution is -2.46. The summed E-state index contributed by atoms with van der Waals surface area (Å²) in [7, 11) is 0. The molecular weight excluding hydrogens is 228 g/mol. The van der Waals surface area contributed by atoms with E-state index in [1.807, 2.05) is 0 Å². The maximum absolute atomic E-state index is 9.62. The minimum atomic E-state index is -1.90. The first-order valence-electron chi connectivity index (χ1n) is 6.03. The molecule has 17 heavy (non-hydrogen) atoms. The normalized spacial score (nSPS) is 31.1. The second-order valence-corrected chi connectivity index (χ2v) is 4.31. The Balaban J connectivity index is 2.42. The smallest absolute Gasteiger partial charge is 0.180 e. The van der Waals surface area contributed by atoms with E-state index in [1.165, 1.54) is 0 Å². The zero-order valence-corrected chi connectivity index (χ0v) is 10.0. The summed E-state index contributed by atoms with van der Waals surface area (Å²) in [5.41, 5.74) is 0. The summed E-state index contributed by atoms with van der Waals surface area (Å²) < 4.78 is 10.6. The molecule has 0 amide bonds. The van der Waals surface area contributed by atoms with Crippen LogP contribution in [0.3, 0.4) is 0 Å². The molecule has 6 nitrogen and oxygen atoms in total. The Hall–Kier alpha value is -0.240. The average Bonchev–Trinajstić information content (AvgIpc) is 2.65. The number of aliphatic hydroxyl groups is 4. The van der Waals surface area contributed by atoms with E-state index in [1.54, 1.807) is 0 Å². The van der Waals surface area contributed by atoms with Crippen molar-refractivity contribution < 1.29 is 29.9 Å². The molecular formula is C11H22O6. The van der Waals surface area contributed by atoms with Gasteiger partial charge in [-0.15, -0.1) is 0 Å². The summed E-state index contributed by atoms with van der Waals surface area (Å²) >= 11 is 0. The summed E-state index contributed by atoms with van der Waals surface area (Å²) in [6.07, 6.45) is -2.85. The Morgan fingerprint density at radius 2 is 2.00 bits per heavy atom. The fraction of sp³-hybridized carbons (Fsp3) is 1.00. The summed E-state index contributed by atoms with van der Waals surface area (Å²) in [6, 6.07) is 0. The maximum atomic E-state index is 9.62. The monoisotopic (exact) mass is 250 g/mol. The molecule has 0 radical (unpaired) electrons. The molecule has 1 rings (SSSR count). The van der Waals surface area contributed by atoms with Gasteiger partial charge in [-0.1, -0.05) is 19.8 Å². The average molecular weight is 250 g/mol. The number of unbranched alkanes of at least 4 members (excludes halogenated alkanes) is 2. The molecule has 0 aliphatic carbocycles. The van der Waals surface area contributed by atoms with Crippen LogP contribution in [0.15, 0.2) is 0 Å². The Morgan fingerprint density at radius 1 is 1.29 bits per heavy atom. The maximum Gasteiger partial charge on any atom is 0.180 e. The molecule has 0 aromatic heterocycles. The van der Waals surface area contributed by atoms with Gasteiger partial charge in [-0.3, -0.25) is 0 Å². The second kappa shape index (κ2) is 7.25. The Morgan fingerprint density at radius 3 is 2.59 bits per heavy atom. The van der Waals surface area contributed by atoms with Crippen LogP contribution in [-0.4, -0.2) is 64.3 Å². The van der Waals surface area contributed by atoms with Gasteiger partial charge in [-0.2, -0.15) is 0 Å². The van der Waals surface area contributed by atoms with Crippen molar-refractivity contribution in [3.8, 4) is 0 Å². The van der Waals surface area contributed by atoms with Crippen molar-refractivity contribution in [2.24, 2.45) is 0 Å². The number of rotatable bonds is 7. The van der Waals surface area contributed by atoms with Gasteiger partial charge in [0, 0.05) is 6.61 Å². The van der Waals surface area contributed by atoms with Gasteiger partial charge in [0.1, 0.15) is 24.4 Å². The van der Waals surface area contributed by atoms with Gasteiger partial charge in [-0.05, 0) is 6.42 Å². The van der Waals surface area contributed by atoms with E-state index in [9.17, 15) is 10.2 Å². The summed E-state index contributed by atoms with van der Waals surface area (Å²) in [6.45, 7) is 2.57. The van der Waals surface area contributed by atoms with E-state index in [-0.39, 0.29) is 6.61 Å². The van der Waals surface area contributed by atoms with Crippen molar-refractivity contribution in [2.45, 2.75) is 56.9 Å². The molecule has 4 atom stereocenters. The van der Waals surface area contributed by atoms with Crippen LogP contribution < -0.4 is 0 Å². The Labute approximate surface area is 101 Å². The van der Waals surface area contributed by atoms with Crippen LogP contribution in [0.1, 0.15) is 26.2 Å². The number of aliphatic hydroxyl groups excluding tert-OH is 3. The summed E-state index contributed by atoms with van der Waals surface area (Å²) in [4.78, 5) is 0. The quantitative estimate of drug-likeness (QED) is 0.341. The standard InChI is InChI=1S/C11H22O6/c1-2-3-4-5-16-9-7(12)6-17-10(9)8(13)11(14)15/h7-15H,2-6H2,1H3/t7-,8?,9?,10-/m1/s1. The molecule has 1 heterocycles. The van der Waals surface area contributed by atoms with Gasteiger partial charge in [0.2, 0.25) is 0 Å². The molecule has 0 aromatic rings. The van der Waals surface area contributed by atoms with Gasteiger partial charge in [0.05, 0.1) is 6.61 Å². The van der Waals surface area contributed by atoms with E-state index in [4.69, 9.17) is 19.7 Å². The van der Waals surface area contributed by atoms with E-state index in [2.05, 4.69) is 6.92 Å². The lowest BCUT2D eigenvalue weighted by molar-refractivity contribution is -0.179. The lowest BCUT2D eigenvalue weighted by atomic mass is 10.1.